The van der Waals surface area contributed by atoms with Crippen molar-refractivity contribution < 1.29 is 4.79 Å². The van der Waals surface area contributed by atoms with Crippen molar-refractivity contribution in [1.29, 1.82) is 0 Å². The van der Waals surface area contributed by atoms with Crippen LogP contribution >= 0.6 is 11.3 Å². The van der Waals surface area contributed by atoms with E-state index in [0.29, 0.717) is 12.5 Å². The second-order valence-corrected chi connectivity index (χ2v) is 6.35. The lowest BCUT2D eigenvalue weighted by molar-refractivity contribution is -0.116. The summed E-state index contributed by atoms with van der Waals surface area (Å²) in [6.45, 7) is 1.10. The van der Waals surface area contributed by atoms with Crippen molar-refractivity contribution in [3.05, 3.63) is 29.6 Å². The van der Waals surface area contributed by atoms with E-state index in [-0.39, 0.29) is 5.91 Å². The van der Waals surface area contributed by atoms with Crippen molar-refractivity contribution in [1.82, 2.24) is 5.32 Å². The Morgan fingerprint density at radius 1 is 1.35 bits per heavy atom. The van der Waals surface area contributed by atoms with Crippen molar-refractivity contribution in [2.75, 3.05) is 11.9 Å². The molecule has 2 aromatic rings. The normalized spacial score (nSPS) is 19.1. The lowest BCUT2D eigenvalue weighted by atomic mass is 10.0. The Balaban J connectivity index is 1.52. The minimum Gasteiger partial charge on any atom is -0.326 e. The molecule has 1 amide bonds. The van der Waals surface area contributed by atoms with Gasteiger partial charge in [0.1, 0.15) is 0 Å². The number of fused-ring (bicyclic) bond motifs is 1. The van der Waals surface area contributed by atoms with E-state index in [2.05, 4.69) is 28.1 Å². The van der Waals surface area contributed by atoms with E-state index in [1.165, 1.54) is 29.3 Å². The highest BCUT2D eigenvalue weighted by molar-refractivity contribution is 7.17. The molecule has 1 saturated heterocycles. The minimum absolute atomic E-state index is 0.118. The van der Waals surface area contributed by atoms with Gasteiger partial charge in [-0.2, -0.15) is 0 Å². The fraction of sp³-hybridized carbons (Fsp3) is 0.438. The maximum Gasteiger partial charge on any atom is 0.224 e. The van der Waals surface area contributed by atoms with E-state index in [1.54, 1.807) is 11.3 Å². The Kier molecular flexibility index (Phi) is 4.33. The number of anilines is 1. The molecule has 2 heterocycles. The van der Waals surface area contributed by atoms with Gasteiger partial charge in [-0.25, -0.2) is 0 Å². The maximum atomic E-state index is 12.0. The van der Waals surface area contributed by atoms with Crippen molar-refractivity contribution in [3.63, 3.8) is 0 Å². The molecular weight excluding hydrogens is 268 g/mol. The Bertz CT molecular complexity index is 587. The smallest absolute Gasteiger partial charge is 0.224 e. The molecule has 4 heteroatoms. The number of benzene rings is 1. The van der Waals surface area contributed by atoms with Gasteiger partial charge in [0.25, 0.3) is 0 Å². The second kappa shape index (κ2) is 6.37. The molecule has 0 radical (unpaired) electrons. The number of hydrogen-bond acceptors (Lipinski definition) is 3. The monoisotopic (exact) mass is 288 g/mol. The summed E-state index contributed by atoms with van der Waals surface area (Å²) in [5.74, 6) is 0.118. The van der Waals surface area contributed by atoms with Gasteiger partial charge in [0, 0.05) is 22.8 Å². The molecule has 20 heavy (non-hydrogen) atoms. The van der Waals surface area contributed by atoms with Gasteiger partial charge < -0.3 is 10.6 Å². The molecule has 0 saturated carbocycles. The van der Waals surface area contributed by atoms with E-state index in [4.69, 9.17) is 0 Å². The zero-order valence-corrected chi connectivity index (χ0v) is 12.3. The summed E-state index contributed by atoms with van der Waals surface area (Å²) in [5.41, 5.74) is 0.900. The van der Waals surface area contributed by atoms with Crippen LogP contribution in [0, 0.1) is 0 Å². The quantitative estimate of drug-likeness (QED) is 0.899. The van der Waals surface area contributed by atoms with Crippen LogP contribution in [0.2, 0.25) is 0 Å². The third kappa shape index (κ3) is 3.38. The summed E-state index contributed by atoms with van der Waals surface area (Å²) in [6.07, 6.45) is 5.29. The van der Waals surface area contributed by atoms with Gasteiger partial charge in [-0.1, -0.05) is 6.42 Å². The summed E-state index contributed by atoms with van der Waals surface area (Å²) in [6, 6.07) is 8.70. The number of amides is 1. The van der Waals surface area contributed by atoms with E-state index < -0.39 is 0 Å². The molecule has 106 valence electrons. The second-order valence-electron chi connectivity index (χ2n) is 5.41. The molecular formula is C16H20N2OS. The van der Waals surface area contributed by atoms with E-state index in [1.807, 2.05) is 12.1 Å². The lowest BCUT2D eigenvalue weighted by Gasteiger charge is -2.23. The number of rotatable bonds is 4. The van der Waals surface area contributed by atoms with E-state index >= 15 is 0 Å². The van der Waals surface area contributed by atoms with Gasteiger partial charge >= 0.3 is 0 Å². The lowest BCUT2D eigenvalue weighted by Crippen LogP contribution is -2.34. The van der Waals surface area contributed by atoms with Crippen LogP contribution in [0.4, 0.5) is 5.69 Å². The molecule has 1 aromatic heterocycles. The highest BCUT2D eigenvalue weighted by Gasteiger charge is 2.14. The standard InChI is InChI=1S/C16H20N2OS/c19-16(7-5-13-3-1-2-9-17-13)18-14-4-6-15-12(11-14)8-10-20-15/h4,6,8,10-11,13,17H,1-3,5,7,9H2,(H,18,19). The van der Waals surface area contributed by atoms with Crippen LogP contribution in [-0.2, 0) is 4.79 Å². The summed E-state index contributed by atoms with van der Waals surface area (Å²) >= 11 is 1.72. The number of carbonyl (C=O) groups is 1. The molecule has 1 aliphatic heterocycles. The molecule has 1 fully saturated rings. The number of nitrogens with one attached hydrogen (secondary N) is 2. The number of hydrogen-bond donors (Lipinski definition) is 2. The first-order chi connectivity index (χ1) is 9.81. The molecule has 2 N–H and O–H groups in total. The van der Waals surface area contributed by atoms with Gasteiger partial charge in [-0.05, 0) is 60.8 Å². The SMILES string of the molecule is O=C(CCC1CCCCN1)Nc1ccc2sccc2c1. The zero-order valence-electron chi connectivity index (χ0n) is 11.5. The van der Waals surface area contributed by atoms with Gasteiger partial charge in [0.15, 0.2) is 0 Å². The molecule has 1 atom stereocenters. The fourth-order valence-electron chi connectivity index (χ4n) is 2.74. The highest BCUT2D eigenvalue weighted by Crippen LogP contribution is 2.24. The Labute approximate surface area is 123 Å². The average molecular weight is 288 g/mol. The van der Waals surface area contributed by atoms with Gasteiger partial charge in [-0.15, -0.1) is 11.3 Å². The first-order valence-corrected chi connectivity index (χ1v) is 8.20. The molecule has 3 rings (SSSR count). The first kappa shape index (κ1) is 13.6. The predicted molar refractivity (Wildman–Crippen MR) is 85.3 cm³/mol. The van der Waals surface area contributed by atoms with Gasteiger partial charge in [0.05, 0.1) is 0 Å². The molecule has 1 aromatic carbocycles. The third-order valence-electron chi connectivity index (χ3n) is 3.87. The molecule has 3 nitrogen and oxygen atoms in total. The van der Waals surface area contributed by atoms with Crippen molar-refractivity contribution in [3.8, 4) is 0 Å². The summed E-state index contributed by atoms with van der Waals surface area (Å²) in [5, 5.41) is 9.75. The van der Waals surface area contributed by atoms with Crippen LogP contribution in [0.15, 0.2) is 29.6 Å². The zero-order chi connectivity index (χ0) is 13.8. The van der Waals surface area contributed by atoms with Crippen LogP contribution in [0.5, 0.6) is 0 Å². The number of thiophene rings is 1. The molecule has 0 aliphatic carbocycles. The van der Waals surface area contributed by atoms with Gasteiger partial charge in [0.2, 0.25) is 5.91 Å². The van der Waals surface area contributed by atoms with Crippen molar-refractivity contribution in [2.24, 2.45) is 0 Å². The average Bonchev–Trinajstić information content (AvgIpc) is 2.94. The van der Waals surface area contributed by atoms with Crippen LogP contribution < -0.4 is 10.6 Å². The molecule has 0 spiro atoms. The summed E-state index contributed by atoms with van der Waals surface area (Å²) in [7, 11) is 0. The van der Waals surface area contributed by atoms with Crippen LogP contribution in [0.1, 0.15) is 32.1 Å². The number of piperidine rings is 1. The summed E-state index contributed by atoms with van der Waals surface area (Å²) < 4.78 is 1.26. The van der Waals surface area contributed by atoms with Crippen LogP contribution in [-0.4, -0.2) is 18.5 Å². The minimum atomic E-state index is 0.118. The Morgan fingerprint density at radius 2 is 2.30 bits per heavy atom. The molecule has 1 aliphatic rings. The largest absolute Gasteiger partial charge is 0.326 e. The first-order valence-electron chi connectivity index (χ1n) is 7.32. The van der Waals surface area contributed by atoms with Crippen molar-refractivity contribution in [2.45, 2.75) is 38.1 Å². The Morgan fingerprint density at radius 3 is 3.15 bits per heavy atom. The Hall–Kier alpha value is -1.39. The highest BCUT2D eigenvalue weighted by atomic mass is 32.1. The van der Waals surface area contributed by atoms with Crippen molar-refractivity contribution >= 4 is 33.0 Å². The fourth-order valence-corrected chi connectivity index (χ4v) is 3.51. The van der Waals surface area contributed by atoms with E-state index in [9.17, 15) is 4.79 Å². The van der Waals surface area contributed by atoms with Crippen LogP contribution in [0.3, 0.4) is 0 Å². The molecule has 1 unspecified atom stereocenters. The van der Waals surface area contributed by atoms with Crippen LogP contribution in [0.25, 0.3) is 10.1 Å². The predicted octanol–water partition coefficient (Wildman–Crippen LogP) is 3.76. The van der Waals surface area contributed by atoms with E-state index in [0.717, 1.165) is 18.7 Å². The van der Waals surface area contributed by atoms with Gasteiger partial charge in [-0.3, -0.25) is 4.79 Å². The third-order valence-corrected chi connectivity index (χ3v) is 4.77. The topological polar surface area (TPSA) is 41.1 Å². The summed E-state index contributed by atoms with van der Waals surface area (Å²) in [4.78, 5) is 12.0. The molecule has 0 bridgehead atoms. The number of carbonyl (C=O) groups excluding carboxylic acids is 1. The maximum absolute atomic E-state index is 12.0.